The molecule has 0 aromatic heterocycles. The third kappa shape index (κ3) is 4.96. The van der Waals surface area contributed by atoms with Crippen molar-refractivity contribution in [1.29, 1.82) is 0 Å². The highest BCUT2D eigenvalue weighted by Crippen LogP contribution is 2.30. The Bertz CT molecular complexity index is 541. The lowest BCUT2D eigenvalue weighted by Gasteiger charge is -2.30. The predicted molar refractivity (Wildman–Crippen MR) is 91.1 cm³/mol. The SMILES string of the molecule is OC[C@H]1CN(Cc2ccc(C(F)(F)F)cc2)C[C@H]1CN1CCCCC1. The number of alkyl halides is 3. The van der Waals surface area contributed by atoms with E-state index in [9.17, 15) is 18.3 Å². The summed E-state index contributed by atoms with van der Waals surface area (Å²) in [5.74, 6) is 0.703. The highest BCUT2D eigenvalue weighted by atomic mass is 19.4. The van der Waals surface area contributed by atoms with Crippen LogP contribution in [0.25, 0.3) is 0 Å². The van der Waals surface area contributed by atoms with Gasteiger partial charge in [0.1, 0.15) is 0 Å². The van der Waals surface area contributed by atoms with E-state index in [0.29, 0.717) is 12.5 Å². The summed E-state index contributed by atoms with van der Waals surface area (Å²) in [6, 6.07) is 5.43. The number of aliphatic hydroxyl groups is 1. The molecule has 3 nitrogen and oxygen atoms in total. The quantitative estimate of drug-likeness (QED) is 0.878. The lowest BCUT2D eigenvalue weighted by Crippen LogP contribution is -2.37. The van der Waals surface area contributed by atoms with Crippen molar-refractivity contribution in [3.63, 3.8) is 0 Å². The molecule has 2 fully saturated rings. The standard InChI is InChI=1S/C19H27F3N2O/c20-19(21,22)18-6-4-15(5-7-18)10-24-12-16(17(13-24)14-25)11-23-8-2-1-3-9-23/h4-7,16-17,25H,1-3,8-14H2/t16-,17-/m1/s1. The molecular formula is C19H27F3N2O. The second kappa shape index (κ2) is 8.06. The summed E-state index contributed by atoms with van der Waals surface area (Å²) in [4.78, 5) is 4.76. The van der Waals surface area contributed by atoms with Crippen LogP contribution in [0.3, 0.4) is 0 Å². The third-order valence-corrected chi connectivity index (χ3v) is 5.52. The fourth-order valence-corrected chi connectivity index (χ4v) is 4.11. The molecule has 0 spiro atoms. The van der Waals surface area contributed by atoms with E-state index in [4.69, 9.17) is 0 Å². The maximum Gasteiger partial charge on any atom is 0.416 e. The summed E-state index contributed by atoms with van der Waals surface area (Å²) < 4.78 is 38.0. The highest BCUT2D eigenvalue weighted by Gasteiger charge is 2.34. The molecule has 2 saturated heterocycles. The van der Waals surface area contributed by atoms with Crippen molar-refractivity contribution in [3.8, 4) is 0 Å². The molecule has 0 bridgehead atoms. The Labute approximate surface area is 147 Å². The van der Waals surface area contributed by atoms with Gasteiger partial charge in [0.25, 0.3) is 0 Å². The van der Waals surface area contributed by atoms with Crippen molar-refractivity contribution < 1.29 is 18.3 Å². The summed E-state index contributed by atoms with van der Waals surface area (Å²) in [5.41, 5.74) is 0.289. The van der Waals surface area contributed by atoms with Gasteiger partial charge in [-0.1, -0.05) is 18.6 Å². The minimum Gasteiger partial charge on any atom is -0.396 e. The first-order valence-corrected chi connectivity index (χ1v) is 9.17. The minimum absolute atomic E-state index is 0.183. The van der Waals surface area contributed by atoms with Crippen molar-refractivity contribution in [2.75, 3.05) is 39.3 Å². The van der Waals surface area contributed by atoms with Gasteiger partial charge in [-0.25, -0.2) is 0 Å². The third-order valence-electron chi connectivity index (χ3n) is 5.52. The van der Waals surface area contributed by atoms with Gasteiger partial charge < -0.3 is 10.0 Å². The fraction of sp³-hybridized carbons (Fsp3) is 0.684. The molecule has 2 aliphatic heterocycles. The predicted octanol–water partition coefficient (Wildman–Crippen LogP) is 3.23. The average Bonchev–Trinajstić information content (AvgIpc) is 2.97. The number of piperidine rings is 1. The maximum atomic E-state index is 12.7. The van der Waals surface area contributed by atoms with Crippen molar-refractivity contribution in [1.82, 2.24) is 9.80 Å². The molecule has 1 aromatic carbocycles. The molecule has 0 saturated carbocycles. The van der Waals surface area contributed by atoms with Crippen LogP contribution in [0.5, 0.6) is 0 Å². The number of hydrogen-bond acceptors (Lipinski definition) is 3. The molecule has 0 unspecified atom stereocenters. The fourth-order valence-electron chi connectivity index (χ4n) is 4.11. The second-order valence-corrected chi connectivity index (χ2v) is 7.45. The van der Waals surface area contributed by atoms with Crippen LogP contribution in [0.1, 0.15) is 30.4 Å². The van der Waals surface area contributed by atoms with E-state index in [1.54, 1.807) is 12.1 Å². The van der Waals surface area contributed by atoms with Crippen LogP contribution in [0.2, 0.25) is 0 Å². The van der Waals surface area contributed by atoms with Crippen molar-refractivity contribution in [3.05, 3.63) is 35.4 Å². The average molecular weight is 356 g/mol. The van der Waals surface area contributed by atoms with Crippen LogP contribution >= 0.6 is 0 Å². The van der Waals surface area contributed by atoms with E-state index in [1.807, 2.05) is 0 Å². The summed E-state index contributed by atoms with van der Waals surface area (Å²) >= 11 is 0. The summed E-state index contributed by atoms with van der Waals surface area (Å²) in [5, 5.41) is 9.71. The van der Waals surface area contributed by atoms with Gasteiger partial charge in [0.2, 0.25) is 0 Å². The molecule has 2 atom stereocenters. The van der Waals surface area contributed by atoms with Gasteiger partial charge in [0, 0.05) is 32.8 Å². The second-order valence-electron chi connectivity index (χ2n) is 7.45. The molecule has 140 valence electrons. The van der Waals surface area contributed by atoms with Crippen LogP contribution in [0, 0.1) is 11.8 Å². The highest BCUT2D eigenvalue weighted by molar-refractivity contribution is 5.24. The van der Waals surface area contributed by atoms with Crippen molar-refractivity contribution in [2.45, 2.75) is 32.0 Å². The van der Waals surface area contributed by atoms with E-state index in [1.165, 1.54) is 19.3 Å². The molecule has 1 N–H and O–H groups in total. The molecule has 0 aliphatic carbocycles. The van der Waals surface area contributed by atoms with E-state index < -0.39 is 11.7 Å². The first kappa shape index (κ1) is 18.7. The molecule has 1 aromatic rings. The summed E-state index contributed by atoms with van der Waals surface area (Å²) in [7, 11) is 0. The number of likely N-dealkylation sites (tertiary alicyclic amines) is 2. The van der Waals surface area contributed by atoms with Crippen molar-refractivity contribution in [2.24, 2.45) is 11.8 Å². The van der Waals surface area contributed by atoms with Gasteiger partial charge in [-0.3, -0.25) is 4.90 Å². The Morgan fingerprint density at radius 2 is 1.56 bits per heavy atom. The van der Waals surface area contributed by atoms with Gasteiger partial charge in [-0.15, -0.1) is 0 Å². The zero-order valence-electron chi connectivity index (χ0n) is 14.5. The topological polar surface area (TPSA) is 26.7 Å². The number of hydrogen-bond donors (Lipinski definition) is 1. The van der Waals surface area contributed by atoms with Crippen LogP contribution in [0.15, 0.2) is 24.3 Å². The Kier molecular flexibility index (Phi) is 6.02. The Morgan fingerprint density at radius 1 is 0.920 bits per heavy atom. The molecule has 0 radical (unpaired) electrons. The number of rotatable bonds is 5. The van der Waals surface area contributed by atoms with Crippen LogP contribution in [-0.2, 0) is 12.7 Å². The molecular weight excluding hydrogens is 329 g/mol. The number of aliphatic hydroxyl groups excluding tert-OH is 1. The zero-order valence-corrected chi connectivity index (χ0v) is 14.5. The molecule has 2 heterocycles. The number of benzene rings is 1. The normalized spacial score (nSPS) is 26.2. The zero-order chi connectivity index (χ0) is 17.9. The molecule has 0 amide bonds. The van der Waals surface area contributed by atoms with Gasteiger partial charge in [-0.05, 0) is 55.5 Å². The molecule has 25 heavy (non-hydrogen) atoms. The first-order valence-electron chi connectivity index (χ1n) is 9.17. The van der Waals surface area contributed by atoms with Gasteiger partial charge >= 0.3 is 6.18 Å². The van der Waals surface area contributed by atoms with Gasteiger partial charge in [-0.2, -0.15) is 13.2 Å². The van der Waals surface area contributed by atoms with Crippen molar-refractivity contribution >= 4 is 0 Å². The lowest BCUT2D eigenvalue weighted by molar-refractivity contribution is -0.137. The number of nitrogens with zero attached hydrogens (tertiary/aromatic N) is 2. The van der Waals surface area contributed by atoms with Crippen LogP contribution < -0.4 is 0 Å². The Morgan fingerprint density at radius 3 is 2.16 bits per heavy atom. The van der Waals surface area contributed by atoms with E-state index in [0.717, 1.165) is 50.4 Å². The Hall–Kier alpha value is -1.11. The van der Waals surface area contributed by atoms with Crippen LogP contribution in [-0.4, -0.2) is 54.2 Å². The molecule has 3 rings (SSSR count). The number of halogens is 3. The van der Waals surface area contributed by atoms with E-state index in [-0.39, 0.29) is 12.5 Å². The lowest BCUT2D eigenvalue weighted by atomic mass is 9.95. The van der Waals surface area contributed by atoms with Gasteiger partial charge in [0.05, 0.1) is 5.56 Å². The molecule has 2 aliphatic rings. The Balaban J connectivity index is 1.56. The maximum absolute atomic E-state index is 12.7. The van der Waals surface area contributed by atoms with E-state index in [2.05, 4.69) is 9.80 Å². The largest absolute Gasteiger partial charge is 0.416 e. The van der Waals surface area contributed by atoms with Crippen LogP contribution in [0.4, 0.5) is 13.2 Å². The van der Waals surface area contributed by atoms with E-state index >= 15 is 0 Å². The summed E-state index contributed by atoms with van der Waals surface area (Å²) in [6.45, 7) is 5.86. The monoisotopic (exact) mass is 356 g/mol. The van der Waals surface area contributed by atoms with Gasteiger partial charge in [0.15, 0.2) is 0 Å². The smallest absolute Gasteiger partial charge is 0.396 e. The molecule has 6 heteroatoms. The first-order chi connectivity index (χ1) is 12.0. The summed E-state index contributed by atoms with van der Waals surface area (Å²) in [6.07, 6.45) is -0.462. The minimum atomic E-state index is -4.28.